The van der Waals surface area contributed by atoms with Gasteiger partial charge in [0, 0.05) is 29.6 Å². The number of hydrogen-bond donors (Lipinski definition) is 2. The van der Waals surface area contributed by atoms with Crippen molar-refractivity contribution < 1.29 is 28.9 Å². The molecule has 2 atom stereocenters. The van der Waals surface area contributed by atoms with Gasteiger partial charge in [0.1, 0.15) is 17.0 Å². The summed E-state index contributed by atoms with van der Waals surface area (Å²) in [7, 11) is 3.01. The van der Waals surface area contributed by atoms with Crippen LogP contribution in [0.4, 0.5) is 0 Å². The van der Waals surface area contributed by atoms with Crippen molar-refractivity contribution in [2.45, 2.75) is 45.8 Å². The van der Waals surface area contributed by atoms with Crippen molar-refractivity contribution in [2.75, 3.05) is 20.8 Å². The molecule has 0 radical (unpaired) electrons. The minimum Gasteiger partial charge on any atom is -0.496 e. The van der Waals surface area contributed by atoms with Gasteiger partial charge in [0.2, 0.25) is 0 Å². The van der Waals surface area contributed by atoms with Crippen LogP contribution in [0.1, 0.15) is 43.1 Å². The monoisotopic (exact) mass is 365 g/mol. The molecule has 7 nitrogen and oxygen atoms in total. The molecule has 1 fully saturated rings. The average molecular weight is 365 g/mol. The van der Waals surface area contributed by atoms with Crippen molar-refractivity contribution in [2.24, 2.45) is 5.41 Å². The highest BCUT2D eigenvalue weighted by molar-refractivity contribution is 5.99. The molecular formula is C19H27NO6. The molecule has 2 rings (SSSR count). The molecule has 0 saturated heterocycles. The number of amides is 1. The van der Waals surface area contributed by atoms with Crippen molar-refractivity contribution in [3.63, 3.8) is 0 Å². The third kappa shape index (κ3) is 3.00. The van der Waals surface area contributed by atoms with E-state index in [2.05, 4.69) is 5.32 Å². The fourth-order valence-corrected chi connectivity index (χ4v) is 3.52. The maximum atomic E-state index is 12.8. The standard InChI is InChI=1S/C19H27NO6/c1-7-26-15-10-19(17(22)23,18(15,3)4)20-16(21)12-8-13(24-5)11(2)14(9-12)25-6/h8-9,15H,7,10H2,1-6H3,(H,20,21)(H,22,23). The molecule has 1 amide bonds. The quantitative estimate of drug-likeness (QED) is 0.771. The highest BCUT2D eigenvalue weighted by Crippen LogP contribution is 2.51. The number of carboxylic acids is 1. The Bertz CT molecular complexity index is 689. The van der Waals surface area contributed by atoms with Crippen LogP contribution < -0.4 is 14.8 Å². The Hall–Kier alpha value is -2.28. The molecule has 1 aliphatic rings. The third-order valence-electron chi connectivity index (χ3n) is 5.47. The number of nitrogens with one attached hydrogen (secondary N) is 1. The lowest BCUT2D eigenvalue weighted by atomic mass is 9.54. The molecule has 0 aromatic heterocycles. The molecule has 0 spiro atoms. The SMILES string of the molecule is CCOC1CC(NC(=O)c2cc(OC)c(C)c(OC)c2)(C(=O)O)C1(C)C. The van der Waals surface area contributed by atoms with E-state index in [-0.39, 0.29) is 18.1 Å². The van der Waals surface area contributed by atoms with E-state index in [4.69, 9.17) is 14.2 Å². The number of hydrogen-bond acceptors (Lipinski definition) is 5. The Morgan fingerprint density at radius 3 is 2.15 bits per heavy atom. The molecule has 1 saturated carbocycles. The maximum absolute atomic E-state index is 12.8. The number of ether oxygens (including phenoxy) is 3. The molecule has 2 unspecified atom stereocenters. The molecule has 7 heteroatoms. The number of rotatable bonds is 7. The molecule has 0 aliphatic heterocycles. The fraction of sp³-hybridized carbons (Fsp3) is 0.579. The zero-order chi connectivity index (χ0) is 19.7. The van der Waals surface area contributed by atoms with Crippen LogP contribution in [0.5, 0.6) is 11.5 Å². The van der Waals surface area contributed by atoms with E-state index in [1.807, 2.05) is 13.8 Å². The Kier molecular flexibility index (Phi) is 5.51. The van der Waals surface area contributed by atoms with Gasteiger partial charge >= 0.3 is 5.97 Å². The predicted octanol–water partition coefficient (Wildman–Crippen LogP) is 2.40. The van der Waals surface area contributed by atoms with Gasteiger partial charge in [0.05, 0.1) is 20.3 Å². The average Bonchev–Trinajstić information content (AvgIpc) is 2.60. The second-order valence-corrected chi connectivity index (χ2v) is 7.04. The van der Waals surface area contributed by atoms with E-state index < -0.39 is 22.8 Å². The van der Waals surface area contributed by atoms with Crippen LogP contribution in [0, 0.1) is 12.3 Å². The maximum Gasteiger partial charge on any atom is 0.330 e. The summed E-state index contributed by atoms with van der Waals surface area (Å²) in [6, 6.07) is 3.16. The smallest absolute Gasteiger partial charge is 0.330 e. The van der Waals surface area contributed by atoms with Gasteiger partial charge in [-0.15, -0.1) is 0 Å². The van der Waals surface area contributed by atoms with Gasteiger partial charge < -0.3 is 24.6 Å². The van der Waals surface area contributed by atoms with Crippen molar-refractivity contribution in [3.05, 3.63) is 23.3 Å². The molecule has 26 heavy (non-hydrogen) atoms. The first-order valence-corrected chi connectivity index (χ1v) is 8.54. The summed E-state index contributed by atoms with van der Waals surface area (Å²) in [6.07, 6.45) is -0.0133. The summed E-state index contributed by atoms with van der Waals surface area (Å²) in [4.78, 5) is 24.8. The van der Waals surface area contributed by atoms with Crippen LogP contribution in [0.3, 0.4) is 0 Å². The Labute approximate surface area is 153 Å². The largest absolute Gasteiger partial charge is 0.496 e. The summed E-state index contributed by atoms with van der Waals surface area (Å²) in [6.45, 7) is 7.76. The first kappa shape index (κ1) is 20.0. The number of methoxy groups -OCH3 is 2. The second kappa shape index (κ2) is 7.15. The number of carbonyl (C=O) groups is 2. The number of carboxylic acid groups (broad SMARTS) is 1. The highest BCUT2D eigenvalue weighted by atomic mass is 16.5. The zero-order valence-corrected chi connectivity index (χ0v) is 16.1. The lowest BCUT2D eigenvalue weighted by molar-refractivity contribution is -0.190. The van der Waals surface area contributed by atoms with E-state index >= 15 is 0 Å². The fourth-order valence-electron chi connectivity index (χ4n) is 3.52. The van der Waals surface area contributed by atoms with Crippen LogP contribution in [0.15, 0.2) is 12.1 Å². The van der Waals surface area contributed by atoms with Gasteiger partial charge in [0.25, 0.3) is 5.91 Å². The Morgan fingerprint density at radius 1 is 1.23 bits per heavy atom. The molecular weight excluding hydrogens is 338 g/mol. The summed E-state index contributed by atoms with van der Waals surface area (Å²) in [5.41, 5.74) is -1.10. The summed E-state index contributed by atoms with van der Waals surface area (Å²) < 4.78 is 16.2. The molecule has 0 bridgehead atoms. The molecule has 1 aliphatic carbocycles. The van der Waals surface area contributed by atoms with Crippen molar-refractivity contribution >= 4 is 11.9 Å². The summed E-state index contributed by atoms with van der Waals surface area (Å²) in [5.74, 6) is -0.567. The summed E-state index contributed by atoms with van der Waals surface area (Å²) in [5, 5.41) is 12.5. The first-order valence-electron chi connectivity index (χ1n) is 8.54. The lowest BCUT2D eigenvalue weighted by Gasteiger charge is -2.58. The molecule has 0 heterocycles. The lowest BCUT2D eigenvalue weighted by Crippen LogP contribution is -2.76. The minimum absolute atomic E-state index is 0.217. The second-order valence-electron chi connectivity index (χ2n) is 7.04. The molecule has 1 aromatic carbocycles. The van der Waals surface area contributed by atoms with Crippen LogP contribution >= 0.6 is 0 Å². The number of aliphatic carboxylic acids is 1. The van der Waals surface area contributed by atoms with E-state index in [0.29, 0.717) is 18.1 Å². The van der Waals surface area contributed by atoms with Crippen LogP contribution in [-0.2, 0) is 9.53 Å². The normalized spacial score (nSPS) is 23.7. The Balaban J connectivity index is 2.35. The van der Waals surface area contributed by atoms with E-state index in [1.54, 1.807) is 26.0 Å². The van der Waals surface area contributed by atoms with Crippen LogP contribution in [0.25, 0.3) is 0 Å². The van der Waals surface area contributed by atoms with Gasteiger partial charge in [-0.2, -0.15) is 0 Å². The molecule has 2 N–H and O–H groups in total. The van der Waals surface area contributed by atoms with E-state index in [0.717, 1.165) is 5.56 Å². The van der Waals surface area contributed by atoms with Gasteiger partial charge in [-0.3, -0.25) is 4.79 Å². The van der Waals surface area contributed by atoms with Gasteiger partial charge in [-0.25, -0.2) is 4.79 Å². The number of benzene rings is 1. The van der Waals surface area contributed by atoms with Crippen molar-refractivity contribution in [1.29, 1.82) is 0 Å². The van der Waals surface area contributed by atoms with E-state index in [9.17, 15) is 14.7 Å². The Morgan fingerprint density at radius 2 is 1.77 bits per heavy atom. The van der Waals surface area contributed by atoms with Gasteiger partial charge in [-0.05, 0) is 26.0 Å². The molecule has 1 aromatic rings. The first-order chi connectivity index (χ1) is 12.1. The van der Waals surface area contributed by atoms with Crippen LogP contribution in [-0.4, -0.2) is 49.5 Å². The third-order valence-corrected chi connectivity index (χ3v) is 5.47. The minimum atomic E-state index is -1.39. The van der Waals surface area contributed by atoms with E-state index in [1.165, 1.54) is 14.2 Å². The van der Waals surface area contributed by atoms with Crippen LogP contribution in [0.2, 0.25) is 0 Å². The highest BCUT2D eigenvalue weighted by Gasteiger charge is 2.66. The van der Waals surface area contributed by atoms with Crippen molar-refractivity contribution in [3.8, 4) is 11.5 Å². The summed E-state index contributed by atoms with van der Waals surface area (Å²) >= 11 is 0. The van der Waals surface area contributed by atoms with Gasteiger partial charge in [0.15, 0.2) is 0 Å². The van der Waals surface area contributed by atoms with Crippen molar-refractivity contribution in [1.82, 2.24) is 5.32 Å². The number of carbonyl (C=O) groups excluding carboxylic acids is 1. The zero-order valence-electron chi connectivity index (χ0n) is 16.1. The molecule has 144 valence electrons. The predicted molar refractivity (Wildman–Crippen MR) is 95.9 cm³/mol. The topological polar surface area (TPSA) is 94.1 Å². The van der Waals surface area contributed by atoms with Gasteiger partial charge in [-0.1, -0.05) is 13.8 Å².